The summed E-state index contributed by atoms with van der Waals surface area (Å²) in [6, 6.07) is 2.76. The van der Waals surface area contributed by atoms with Gasteiger partial charge in [0.15, 0.2) is 0 Å². The molecule has 3 rings (SSSR count). The minimum absolute atomic E-state index is 0.260. The molecular weight excluding hydrogens is 322 g/mol. The van der Waals surface area contributed by atoms with Gasteiger partial charge in [0.25, 0.3) is 0 Å². The van der Waals surface area contributed by atoms with Crippen LogP contribution in [0.15, 0.2) is 30.6 Å². The first-order chi connectivity index (χ1) is 11.3. The van der Waals surface area contributed by atoms with E-state index in [9.17, 15) is 17.6 Å². The standard InChI is InChI=1S/C17H19F4N3/c1-23-8-6-22-16(23)13-3-2-7-24(11-13)10-12-4-5-14(9-15(12)18)17(19,20)21/h4-6,8-9,13H,2-3,7,10-11H2,1H3/t13-/m0/s1. The maximum atomic E-state index is 14.0. The quantitative estimate of drug-likeness (QED) is 0.788. The monoisotopic (exact) mass is 341 g/mol. The van der Waals surface area contributed by atoms with Crippen LogP contribution in [0, 0.1) is 5.82 Å². The topological polar surface area (TPSA) is 21.1 Å². The van der Waals surface area contributed by atoms with E-state index in [0.29, 0.717) is 18.2 Å². The fourth-order valence-electron chi connectivity index (χ4n) is 3.27. The third kappa shape index (κ3) is 3.61. The normalized spacial score (nSPS) is 19.6. The molecule has 1 fully saturated rings. The van der Waals surface area contributed by atoms with Gasteiger partial charge in [0.2, 0.25) is 0 Å². The Hall–Kier alpha value is -1.89. The molecule has 1 aromatic heterocycles. The van der Waals surface area contributed by atoms with Crippen molar-refractivity contribution >= 4 is 0 Å². The number of benzene rings is 1. The Labute approximate surface area is 137 Å². The predicted molar refractivity (Wildman–Crippen MR) is 81.9 cm³/mol. The van der Waals surface area contributed by atoms with Gasteiger partial charge in [-0.15, -0.1) is 0 Å². The summed E-state index contributed by atoms with van der Waals surface area (Å²) >= 11 is 0. The maximum absolute atomic E-state index is 14.0. The summed E-state index contributed by atoms with van der Waals surface area (Å²) < 4.78 is 53.9. The molecule has 0 unspecified atom stereocenters. The second kappa shape index (κ2) is 6.55. The molecular formula is C17H19F4N3. The molecule has 1 aliphatic heterocycles. The average molecular weight is 341 g/mol. The average Bonchev–Trinajstić information content (AvgIpc) is 2.95. The molecule has 1 aliphatic rings. The van der Waals surface area contributed by atoms with Crippen LogP contribution in [0.2, 0.25) is 0 Å². The molecule has 3 nitrogen and oxygen atoms in total. The number of likely N-dealkylation sites (tertiary alicyclic amines) is 1. The van der Waals surface area contributed by atoms with Crippen molar-refractivity contribution in [2.75, 3.05) is 13.1 Å². The fourth-order valence-corrected chi connectivity index (χ4v) is 3.27. The molecule has 2 aromatic rings. The van der Waals surface area contributed by atoms with Gasteiger partial charge in [-0.2, -0.15) is 13.2 Å². The minimum Gasteiger partial charge on any atom is -0.338 e. The SMILES string of the molecule is Cn1ccnc1[C@H]1CCCN(Cc2ccc(C(F)(F)F)cc2F)C1. The summed E-state index contributed by atoms with van der Waals surface area (Å²) in [6.07, 6.45) is 1.10. The van der Waals surface area contributed by atoms with E-state index in [1.54, 1.807) is 6.20 Å². The van der Waals surface area contributed by atoms with Crippen LogP contribution >= 0.6 is 0 Å². The van der Waals surface area contributed by atoms with E-state index >= 15 is 0 Å². The van der Waals surface area contributed by atoms with Crippen LogP contribution in [-0.4, -0.2) is 27.5 Å². The van der Waals surface area contributed by atoms with Gasteiger partial charge in [-0.1, -0.05) is 6.07 Å². The second-order valence-corrected chi connectivity index (χ2v) is 6.27. The number of piperidine rings is 1. The summed E-state index contributed by atoms with van der Waals surface area (Å²) in [5, 5.41) is 0. The van der Waals surface area contributed by atoms with E-state index in [4.69, 9.17) is 0 Å². The van der Waals surface area contributed by atoms with Crippen molar-refractivity contribution < 1.29 is 17.6 Å². The number of aromatic nitrogens is 2. The fraction of sp³-hybridized carbons (Fsp3) is 0.471. The molecule has 0 N–H and O–H groups in total. The van der Waals surface area contributed by atoms with Gasteiger partial charge < -0.3 is 4.57 Å². The summed E-state index contributed by atoms with van der Waals surface area (Å²) in [6.45, 7) is 1.84. The first-order valence-electron chi connectivity index (χ1n) is 7.90. The Balaban J connectivity index is 1.71. The Morgan fingerprint density at radius 2 is 2.08 bits per heavy atom. The molecule has 0 bridgehead atoms. The highest BCUT2D eigenvalue weighted by Gasteiger charge is 2.31. The van der Waals surface area contributed by atoms with Crippen molar-refractivity contribution in [3.63, 3.8) is 0 Å². The molecule has 1 aromatic carbocycles. The number of halogens is 4. The van der Waals surface area contributed by atoms with Crippen molar-refractivity contribution in [2.45, 2.75) is 31.5 Å². The van der Waals surface area contributed by atoms with E-state index in [1.165, 1.54) is 6.07 Å². The zero-order valence-electron chi connectivity index (χ0n) is 13.4. The minimum atomic E-state index is -4.52. The zero-order valence-corrected chi connectivity index (χ0v) is 13.4. The molecule has 1 atom stereocenters. The van der Waals surface area contributed by atoms with Crippen molar-refractivity contribution in [1.82, 2.24) is 14.5 Å². The summed E-state index contributed by atoms with van der Waals surface area (Å²) in [5.74, 6) is 0.452. The van der Waals surface area contributed by atoms with Crippen LogP contribution in [0.4, 0.5) is 17.6 Å². The van der Waals surface area contributed by atoms with Gasteiger partial charge in [0.1, 0.15) is 11.6 Å². The Morgan fingerprint density at radius 1 is 1.29 bits per heavy atom. The Morgan fingerprint density at radius 3 is 2.71 bits per heavy atom. The molecule has 0 amide bonds. The highest BCUT2D eigenvalue weighted by atomic mass is 19.4. The molecule has 0 aliphatic carbocycles. The van der Waals surface area contributed by atoms with Gasteiger partial charge in [-0.05, 0) is 31.5 Å². The molecule has 2 heterocycles. The number of rotatable bonds is 3. The molecule has 0 spiro atoms. The van der Waals surface area contributed by atoms with E-state index < -0.39 is 17.6 Å². The molecule has 0 radical (unpaired) electrons. The maximum Gasteiger partial charge on any atom is 0.416 e. The number of hydrogen-bond donors (Lipinski definition) is 0. The van der Waals surface area contributed by atoms with Crippen LogP contribution in [0.3, 0.4) is 0 Å². The molecule has 130 valence electrons. The smallest absolute Gasteiger partial charge is 0.338 e. The Kier molecular flexibility index (Phi) is 4.62. The van der Waals surface area contributed by atoms with Gasteiger partial charge in [-0.25, -0.2) is 9.37 Å². The third-order valence-electron chi connectivity index (χ3n) is 4.50. The van der Waals surface area contributed by atoms with Crippen LogP contribution in [0.25, 0.3) is 0 Å². The largest absolute Gasteiger partial charge is 0.416 e. The third-order valence-corrected chi connectivity index (χ3v) is 4.50. The number of aryl methyl sites for hydroxylation is 1. The number of alkyl halides is 3. The first-order valence-corrected chi connectivity index (χ1v) is 7.90. The second-order valence-electron chi connectivity index (χ2n) is 6.27. The predicted octanol–water partition coefficient (Wildman–Crippen LogP) is 3.96. The van der Waals surface area contributed by atoms with Crippen molar-refractivity contribution in [3.8, 4) is 0 Å². The lowest BCUT2D eigenvalue weighted by Crippen LogP contribution is -2.35. The first kappa shape index (κ1) is 17.0. The van der Waals surface area contributed by atoms with Crippen LogP contribution in [0.1, 0.15) is 35.7 Å². The van der Waals surface area contributed by atoms with E-state index in [2.05, 4.69) is 9.88 Å². The Bertz CT molecular complexity index is 708. The highest BCUT2D eigenvalue weighted by molar-refractivity contribution is 5.26. The summed E-state index contributed by atoms with van der Waals surface area (Å²) in [5.41, 5.74) is -0.656. The summed E-state index contributed by atoms with van der Waals surface area (Å²) in [4.78, 5) is 6.45. The highest BCUT2D eigenvalue weighted by Crippen LogP contribution is 2.31. The molecule has 1 saturated heterocycles. The molecule has 24 heavy (non-hydrogen) atoms. The number of hydrogen-bond acceptors (Lipinski definition) is 2. The number of imidazole rings is 1. The van der Waals surface area contributed by atoms with E-state index in [1.807, 2.05) is 17.8 Å². The van der Waals surface area contributed by atoms with Gasteiger partial charge in [0, 0.05) is 44.0 Å². The van der Waals surface area contributed by atoms with Crippen molar-refractivity contribution in [3.05, 3.63) is 53.4 Å². The van der Waals surface area contributed by atoms with Crippen LogP contribution < -0.4 is 0 Å². The molecule has 7 heteroatoms. The summed E-state index contributed by atoms with van der Waals surface area (Å²) in [7, 11) is 1.94. The van der Waals surface area contributed by atoms with Crippen molar-refractivity contribution in [2.24, 2.45) is 7.05 Å². The zero-order chi connectivity index (χ0) is 17.3. The number of nitrogens with zero attached hydrogens (tertiary/aromatic N) is 3. The van der Waals surface area contributed by atoms with E-state index in [0.717, 1.165) is 37.8 Å². The van der Waals surface area contributed by atoms with Crippen molar-refractivity contribution in [1.29, 1.82) is 0 Å². The lowest BCUT2D eigenvalue weighted by molar-refractivity contribution is -0.137. The molecule has 0 saturated carbocycles. The van der Waals surface area contributed by atoms with Crippen LogP contribution in [-0.2, 0) is 19.8 Å². The lowest BCUT2D eigenvalue weighted by Gasteiger charge is -2.32. The van der Waals surface area contributed by atoms with Gasteiger partial charge in [-0.3, -0.25) is 4.90 Å². The van der Waals surface area contributed by atoms with Gasteiger partial charge in [0.05, 0.1) is 5.56 Å². The van der Waals surface area contributed by atoms with Gasteiger partial charge >= 0.3 is 6.18 Å². The van der Waals surface area contributed by atoms with E-state index in [-0.39, 0.29) is 5.92 Å². The lowest BCUT2D eigenvalue weighted by atomic mass is 9.96. The van der Waals surface area contributed by atoms with Crippen LogP contribution in [0.5, 0.6) is 0 Å².